The number of ketones is 1. The molecule has 0 aromatic heterocycles. The Morgan fingerprint density at radius 3 is 2.57 bits per heavy atom. The van der Waals surface area contributed by atoms with Crippen molar-refractivity contribution in [3.63, 3.8) is 0 Å². The molecular weight excluding hydrogens is 264 g/mol. The summed E-state index contributed by atoms with van der Waals surface area (Å²) in [7, 11) is 0. The monoisotopic (exact) mass is 288 g/mol. The molecule has 1 heterocycles. The maximum Gasteiger partial charge on any atom is 0.234 e. The van der Waals surface area contributed by atoms with Crippen molar-refractivity contribution < 1.29 is 9.59 Å². The molecule has 1 aromatic rings. The summed E-state index contributed by atoms with van der Waals surface area (Å²) in [5.41, 5.74) is 7.40. The molecule has 1 unspecified atom stereocenters. The predicted octanol–water partition coefficient (Wildman–Crippen LogP) is 2.16. The van der Waals surface area contributed by atoms with Crippen LogP contribution in [-0.2, 0) is 11.2 Å². The second kappa shape index (κ2) is 7.36. The largest absolute Gasteiger partial charge is 0.368 e. The fraction of sp³-hybridized carbons (Fsp3) is 0.529. The molecule has 1 fully saturated rings. The van der Waals surface area contributed by atoms with Gasteiger partial charge >= 0.3 is 0 Å². The third-order valence-corrected chi connectivity index (χ3v) is 4.10. The van der Waals surface area contributed by atoms with Gasteiger partial charge in [-0.15, -0.1) is 0 Å². The Hall–Kier alpha value is -1.68. The number of amides is 1. The number of nitrogens with two attached hydrogens (primary N) is 1. The Labute approximate surface area is 126 Å². The Morgan fingerprint density at radius 1 is 1.24 bits per heavy atom. The van der Waals surface area contributed by atoms with Crippen molar-refractivity contribution in [2.24, 2.45) is 5.73 Å². The van der Waals surface area contributed by atoms with Crippen LogP contribution in [0.1, 0.15) is 48.5 Å². The normalized spacial score (nSPS) is 19.4. The maximum atomic E-state index is 12.4. The first-order valence-electron chi connectivity index (χ1n) is 7.77. The lowest BCUT2D eigenvalue weighted by Gasteiger charge is -2.32. The van der Waals surface area contributed by atoms with Gasteiger partial charge in [-0.25, -0.2) is 0 Å². The van der Waals surface area contributed by atoms with E-state index >= 15 is 0 Å². The number of nitrogens with zero attached hydrogens (tertiary/aromatic N) is 1. The van der Waals surface area contributed by atoms with Gasteiger partial charge in [0.15, 0.2) is 5.78 Å². The average molecular weight is 288 g/mol. The summed E-state index contributed by atoms with van der Waals surface area (Å²) in [5.74, 6) is -0.257. The zero-order chi connectivity index (χ0) is 15.2. The third-order valence-electron chi connectivity index (χ3n) is 4.10. The van der Waals surface area contributed by atoms with Crippen LogP contribution in [-0.4, -0.2) is 35.7 Å². The van der Waals surface area contributed by atoms with Gasteiger partial charge < -0.3 is 5.73 Å². The topological polar surface area (TPSA) is 63.4 Å². The second-order valence-corrected chi connectivity index (χ2v) is 5.75. The lowest BCUT2D eigenvalue weighted by molar-refractivity contribution is -0.124. The summed E-state index contributed by atoms with van der Waals surface area (Å²) in [6.07, 6.45) is 4.92. The molecule has 0 bridgehead atoms. The van der Waals surface area contributed by atoms with Gasteiger partial charge in [0, 0.05) is 5.56 Å². The summed E-state index contributed by atoms with van der Waals surface area (Å²) in [4.78, 5) is 25.7. The van der Waals surface area contributed by atoms with E-state index in [-0.39, 0.29) is 24.3 Å². The SMILES string of the molecule is CCCc1ccc(C(=O)CN2CCCCC2C(N)=O)cc1. The van der Waals surface area contributed by atoms with E-state index < -0.39 is 0 Å². The molecule has 1 aliphatic rings. The summed E-state index contributed by atoms with van der Waals surface area (Å²) in [6, 6.07) is 7.51. The molecule has 4 nitrogen and oxygen atoms in total. The molecule has 1 aliphatic heterocycles. The van der Waals surface area contributed by atoms with Crippen LogP contribution in [0.15, 0.2) is 24.3 Å². The summed E-state index contributed by atoms with van der Waals surface area (Å²) < 4.78 is 0. The van der Waals surface area contributed by atoms with Crippen LogP contribution >= 0.6 is 0 Å². The molecule has 1 amide bonds. The number of carbonyl (C=O) groups is 2. The number of hydrogen-bond donors (Lipinski definition) is 1. The smallest absolute Gasteiger partial charge is 0.234 e. The first kappa shape index (κ1) is 15.7. The lowest BCUT2D eigenvalue weighted by atomic mass is 10.00. The number of rotatable bonds is 6. The molecule has 21 heavy (non-hydrogen) atoms. The molecule has 0 radical (unpaired) electrons. The number of benzene rings is 1. The van der Waals surface area contributed by atoms with Gasteiger partial charge in [-0.3, -0.25) is 14.5 Å². The standard InChI is InChI=1S/C17H24N2O2/c1-2-5-13-7-9-14(10-8-13)16(20)12-19-11-4-3-6-15(19)17(18)21/h7-10,15H,2-6,11-12H2,1H3,(H2,18,21). The number of piperidine rings is 1. The van der Waals surface area contributed by atoms with Crippen molar-refractivity contribution in [1.29, 1.82) is 0 Å². The quantitative estimate of drug-likeness (QED) is 0.816. The predicted molar refractivity (Wildman–Crippen MR) is 83.2 cm³/mol. The van der Waals surface area contributed by atoms with Crippen LogP contribution in [0, 0.1) is 0 Å². The van der Waals surface area contributed by atoms with Crippen LogP contribution in [0.25, 0.3) is 0 Å². The fourth-order valence-corrected chi connectivity index (χ4v) is 2.92. The van der Waals surface area contributed by atoms with Crippen LogP contribution in [0.3, 0.4) is 0 Å². The van der Waals surface area contributed by atoms with Crippen molar-refractivity contribution in [2.45, 2.75) is 45.1 Å². The van der Waals surface area contributed by atoms with Gasteiger partial charge in [0.2, 0.25) is 5.91 Å². The summed E-state index contributed by atoms with van der Waals surface area (Å²) in [5, 5.41) is 0. The van der Waals surface area contributed by atoms with Crippen LogP contribution in [0.2, 0.25) is 0 Å². The summed E-state index contributed by atoms with van der Waals surface area (Å²) in [6.45, 7) is 3.19. The van der Waals surface area contributed by atoms with Crippen LogP contribution in [0.4, 0.5) is 0 Å². The van der Waals surface area contributed by atoms with Gasteiger partial charge in [0.1, 0.15) is 0 Å². The zero-order valence-corrected chi connectivity index (χ0v) is 12.7. The van der Waals surface area contributed by atoms with E-state index in [0.29, 0.717) is 5.56 Å². The fourth-order valence-electron chi connectivity index (χ4n) is 2.92. The van der Waals surface area contributed by atoms with Gasteiger partial charge in [-0.05, 0) is 31.4 Å². The molecule has 0 spiro atoms. The Morgan fingerprint density at radius 2 is 1.95 bits per heavy atom. The second-order valence-electron chi connectivity index (χ2n) is 5.75. The minimum atomic E-state index is -0.319. The van der Waals surface area contributed by atoms with Crippen LogP contribution in [0.5, 0.6) is 0 Å². The van der Waals surface area contributed by atoms with E-state index in [2.05, 4.69) is 6.92 Å². The van der Waals surface area contributed by atoms with E-state index in [4.69, 9.17) is 5.73 Å². The van der Waals surface area contributed by atoms with E-state index in [1.807, 2.05) is 29.2 Å². The van der Waals surface area contributed by atoms with Crippen molar-refractivity contribution in [3.8, 4) is 0 Å². The molecule has 1 aromatic carbocycles. The molecule has 0 aliphatic carbocycles. The van der Waals surface area contributed by atoms with Crippen molar-refractivity contribution in [3.05, 3.63) is 35.4 Å². The highest BCUT2D eigenvalue weighted by Gasteiger charge is 2.28. The molecule has 2 N–H and O–H groups in total. The minimum Gasteiger partial charge on any atom is -0.368 e. The molecule has 2 rings (SSSR count). The molecule has 1 saturated heterocycles. The first-order chi connectivity index (χ1) is 10.1. The number of primary amides is 1. The van der Waals surface area contributed by atoms with Gasteiger partial charge in [0.25, 0.3) is 0 Å². The molecular formula is C17H24N2O2. The van der Waals surface area contributed by atoms with Crippen molar-refractivity contribution >= 4 is 11.7 Å². The number of Topliss-reactive ketones (excluding diaryl/α,β-unsaturated/α-hetero) is 1. The average Bonchev–Trinajstić information content (AvgIpc) is 2.48. The van der Waals surface area contributed by atoms with E-state index in [1.54, 1.807) is 0 Å². The summed E-state index contributed by atoms with van der Waals surface area (Å²) >= 11 is 0. The number of aryl methyl sites for hydroxylation is 1. The maximum absolute atomic E-state index is 12.4. The van der Waals surface area contributed by atoms with E-state index in [9.17, 15) is 9.59 Å². The highest BCUT2D eigenvalue weighted by molar-refractivity contribution is 5.98. The van der Waals surface area contributed by atoms with E-state index in [0.717, 1.165) is 38.6 Å². The Kier molecular flexibility index (Phi) is 5.51. The van der Waals surface area contributed by atoms with Crippen molar-refractivity contribution in [2.75, 3.05) is 13.1 Å². The Bertz CT molecular complexity index is 496. The lowest BCUT2D eigenvalue weighted by Crippen LogP contribution is -2.49. The van der Waals surface area contributed by atoms with E-state index in [1.165, 1.54) is 5.56 Å². The molecule has 0 saturated carbocycles. The number of likely N-dealkylation sites (tertiary alicyclic amines) is 1. The minimum absolute atomic E-state index is 0.0613. The molecule has 4 heteroatoms. The van der Waals surface area contributed by atoms with Gasteiger partial charge in [-0.1, -0.05) is 44.0 Å². The number of carbonyl (C=O) groups excluding carboxylic acids is 2. The zero-order valence-electron chi connectivity index (χ0n) is 12.7. The Balaban J connectivity index is 2.00. The highest BCUT2D eigenvalue weighted by atomic mass is 16.1. The highest BCUT2D eigenvalue weighted by Crippen LogP contribution is 2.17. The number of hydrogen-bond acceptors (Lipinski definition) is 3. The van der Waals surface area contributed by atoms with Crippen molar-refractivity contribution in [1.82, 2.24) is 4.90 Å². The first-order valence-corrected chi connectivity index (χ1v) is 7.77. The third kappa shape index (κ3) is 4.14. The van der Waals surface area contributed by atoms with Crippen LogP contribution < -0.4 is 5.73 Å². The van der Waals surface area contributed by atoms with Gasteiger partial charge in [0.05, 0.1) is 12.6 Å². The molecule has 1 atom stereocenters. The molecule has 114 valence electrons. The van der Waals surface area contributed by atoms with Gasteiger partial charge in [-0.2, -0.15) is 0 Å².